The molecule has 0 bridgehead atoms. The Morgan fingerprint density at radius 3 is 2.75 bits per heavy atom. The van der Waals surface area contributed by atoms with Gasteiger partial charge in [-0.2, -0.15) is 0 Å². The number of rotatable bonds is 1. The van der Waals surface area contributed by atoms with E-state index in [1.165, 1.54) is 6.07 Å². The molecule has 0 aliphatic rings. The van der Waals surface area contributed by atoms with E-state index in [1.807, 2.05) is 0 Å². The number of aromatic amines is 1. The number of benzene rings is 1. The minimum Gasteiger partial charge on any atom is -0.289 e. The van der Waals surface area contributed by atoms with Gasteiger partial charge in [0.05, 0.1) is 5.56 Å². The van der Waals surface area contributed by atoms with Crippen LogP contribution in [0.5, 0.6) is 5.75 Å². The topological polar surface area (TPSA) is 74.4 Å². The third-order valence-corrected chi connectivity index (χ3v) is 1.49. The van der Waals surface area contributed by atoms with Crippen LogP contribution in [-0.2, 0) is 5.11 Å². The molecule has 2 aromatic rings. The molecule has 0 saturated heterocycles. The Kier molecular flexibility index (Phi) is 1.48. The first-order valence-corrected chi connectivity index (χ1v) is 3.38. The van der Waals surface area contributed by atoms with Crippen molar-refractivity contribution in [2.75, 3.05) is 0 Å². The van der Waals surface area contributed by atoms with Crippen molar-refractivity contribution < 1.29 is 5.11 Å². The van der Waals surface area contributed by atoms with Gasteiger partial charge in [-0.15, -0.1) is 5.10 Å². The van der Waals surface area contributed by atoms with Crippen molar-refractivity contribution in [3.63, 3.8) is 0 Å². The molecule has 0 saturated carbocycles. The van der Waals surface area contributed by atoms with Crippen molar-refractivity contribution >= 4 is 0 Å². The van der Waals surface area contributed by atoms with Gasteiger partial charge in [-0.05, 0) is 22.6 Å². The normalized spacial score (nSPS) is 10.0. The van der Waals surface area contributed by atoms with Gasteiger partial charge in [-0.1, -0.05) is 12.1 Å². The summed E-state index contributed by atoms with van der Waals surface area (Å²) >= 11 is 0. The van der Waals surface area contributed by atoms with Gasteiger partial charge in [0.2, 0.25) is 0 Å². The number of hydrogen-bond acceptors (Lipinski definition) is 3. The molecule has 59 valence electrons. The Bertz CT molecular complexity index is 371. The minimum absolute atomic E-state index is 0.0870. The Balaban J connectivity index is 2.55. The molecular weight excluding hydrogens is 156 g/mol. The van der Waals surface area contributed by atoms with E-state index in [-0.39, 0.29) is 5.75 Å². The molecule has 0 amide bonds. The molecule has 0 unspecified atom stereocenters. The van der Waals surface area contributed by atoms with Crippen LogP contribution in [0.3, 0.4) is 0 Å². The van der Waals surface area contributed by atoms with E-state index in [9.17, 15) is 5.11 Å². The van der Waals surface area contributed by atoms with Gasteiger partial charge in [0.25, 0.3) is 0 Å². The lowest BCUT2D eigenvalue weighted by atomic mass is 10.2. The van der Waals surface area contributed by atoms with Gasteiger partial charge in [0, 0.05) is 0 Å². The van der Waals surface area contributed by atoms with Gasteiger partial charge < -0.3 is 0 Å². The molecule has 1 aromatic carbocycles. The van der Waals surface area contributed by atoms with Crippen molar-refractivity contribution in [2.24, 2.45) is 0 Å². The molecule has 5 nitrogen and oxygen atoms in total. The Hall–Kier alpha value is -1.91. The van der Waals surface area contributed by atoms with Crippen LogP contribution in [0, 0.1) is 0 Å². The molecule has 0 aliphatic carbocycles. The summed E-state index contributed by atoms with van der Waals surface area (Å²) in [7, 11) is 0. The van der Waals surface area contributed by atoms with Gasteiger partial charge >= 0.3 is 0 Å². The predicted octanol–water partition coefficient (Wildman–Crippen LogP) is 1.01. The van der Waals surface area contributed by atoms with Gasteiger partial charge in [-0.25, -0.2) is 5.10 Å². The largest absolute Gasteiger partial charge is 0.289 e. The molecule has 0 aliphatic heterocycles. The summed E-state index contributed by atoms with van der Waals surface area (Å²) in [5, 5.41) is 24.1. The van der Waals surface area contributed by atoms with Crippen LogP contribution >= 0.6 is 0 Å². The summed E-state index contributed by atoms with van der Waals surface area (Å²) in [5.41, 5.74) is 0.488. The van der Waals surface area contributed by atoms with Crippen LogP contribution in [0.15, 0.2) is 24.3 Å². The quantitative estimate of drug-likeness (QED) is 0.678. The highest BCUT2D eigenvalue weighted by Gasteiger charge is 2.06. The van der Waals surface area contributed by atoms with E-state index in [0.717, 1.165) is 0 Å². The molecule has 1 heterocycles. The smallest absolute Gasteiger partial charge is 0.189 e. The van der Waals surface area contributed by atoms with E-state index >= 15 is 0 Å². The number of aromatic nitrogens is 4. The maximum atomic E-state index is 11.2. The molecule has 1 N–H and O–H groups in total. The molecular formula is C7H5N4O. The standard InChI is InChI=1S/C7H5N4O/c12-6-4-2-1-3-5(6)7-8-10-11-9-7/h1-4H,(H,8,9,10,11). The second-order valence-electron chi connectivity index (χ2n) is 2.25. The van der Waals surface area contributed by atoms with Crippen molar-refractivity contribution in [3.8, 4) is 17.1 Å². The number of nitrogens with one attached hydrogen (secondary N) is 1. The van der Waals surface area contributed by atoms with Gasteiger partial charge in [0.15, 0.2) is 11.6 Å². The molecule has 0 fully saturated rings. The Labute approximate surface area is 68.1 Å². The van der Waals surface area contributed by atoms with Crippen molar-refractivity contribution in [3.05, 3.63) is 24.3 Å². The monoisotopic (exact) mass is 161 g/mol. The van der Waals surface area contributed by atoms with Crippen molar-refractivity contribution in [1.29, 1.82) is 0 Å². The summed E-state index contributed by atoms with van der Waals surface area (Å²) in [4.78, 5) is 0. The van der Waals surface area contributed by atoms with E-state index < -0.39 is 0 Å². The molecule has 12 heavy (non-hydrogen) atoms. The Morgan fingerprint density at radius 1 is 1.25 bits per heavy atom. The number of hydrogen-bond donors (Lipinski definition) is 1. The molecule has 5 heteroatoms. The van der Waals surface area contributed by atoms with Gasteiger partial charge in [0.1, 0.15) is 0 Å². The second-order valence-corrected chi connectivity index (χ2v) is 2.25. The third-order valence-electron chi connectivity index (χ3n) is 1.49. The van der Waals surface area contributed by atoms with Crippen LogP contribution < -0.4 is 0 Å². The molecule has 0 spiro atoms. The van der Waals surface area contributed by atoms with Crippen LogP contribution in [-0.4, -0.2) is 20.6 Å². The maximum absolute atomic E-state index is 11.2. The zero-order chi connectivity index (χ0) is 8.39. The average molecular weight is 161 g/mol. The first-order chi connectivity index (χ1) is 5.88. The lowest BCUT2D eigenvalue weighted by Crippen LogP contribution is -1.80. The van der Waals surface area contributed by atoms with Crippen molar-refractivity contribution in [1.82, 2.24) is 20.6 Å². The third kappa shape index (κ3) is 1.01. The summed E-state index contributed by atoms with van der Waals surface area (Å²) in [6, 6.07) is 6.58. The highest BCUT2D eigenvalue weighted by Crippen LogP contribution is 2.24. The number of nitrogens with zero attached hydrogens (tertiary/aromatic N) is 3. The fraction of sp³-hybridized carbons (Fsp3) is 0. The first-order valence-electron chi connectivity index (χ1n) is 3.38. The minimum atomic E-state index is -0.0870. The number of para-hydroxylation sites is 1. The van der Waals surface area contributed by atoms with E-state index in [4.69, 9.17) is 0 Å². The highest BCUT2D eigenvalue weighted by molar-refractivity contribution is 5.62. The summed E-state index contributed by atoms with van der Waals surface area (Å²) in [6.07, 6.45) is 0. The molecule has 1 aromatic heterocycles. The van der Waals surface area contributed by atoms with E-state index in [1.54, 1.807) is 18.2 Å². The van der Waals surface area contributed by atoms with Gasteiger partial charge in [-0.3, -0.25) is 5.11 Å². The highest BCUT2D eigenvalue weighted by atomic mass is 16.3. The van der Waals surface area contributed by atoms with E-state index in [2.05, 4.69) is 20.6 Å². The van der Waals surface area contributed by atoms with Crippen LogP contribution in [0.4, 0.5) is 0 Å². The predicted molar refractivity (Wildman–Crippen MR) is 39.7 cm³/mol. The summed E-state index contributed by atoms with van der Waals surface area (Å²) in [6.45, 7) is 0. The van der Waals surface area contributed by atoms with Crippen LogP contribution in [0.25, 0.3) is 11.4 Å². The molecule has 1 radical (unpaired) electrons. The fourth-order valence-corrected chi connectivity index (χ4v) is 0.936. The summed E-state index contributed by atoms with van der Waals surface area (Å²) < 4.78 is 0. The summed E-state index contributed by atoms with van der Waals surface area (Å²) in [5.74, 6) is 0.316. The first kappa shape index (κ1) is 6.78. The van der Waals surface area contributed by atoms with Crippen LogP contribution in [0.2, 0.25) is 0 Å². The SMILES string of the molecule is [O]c1ccccc1-c1nnn[nH]1. The lowest BCUT2D eigenvalue weighted by molar-refractivity contribution is 0.356. The lowest BCUT2D eigenvalue weighted by Gasteiger charge is -1.93. The zero-order valence-electron chi connectivity index (χ0n) is 6.06. The molecule has 0 atom stereocenters. The maximum Gasteiger partial charge on any atom is 0.189 e. The van der Waals surface area contributed by atoms with Crippen molar-refractivity contribution in [2.45, 2.75) is 0 Å². The Morgan fingerprint density at radius 2 is 2.08 bits per heavy atom. The average Bonchev–Trinajstić information content (AvgIpc) is 2.57. The molecule has 2 rings (SSSR count). The second kappa shape index (κ2) is 2.61. The van der Waals surface area contributed by atoms with E-state index in [0.29, 0.717) is 11.4 Å². The zero-order valence-corrected chi connectivity index (χ0v) is 6.06. The fourth-order valence-electron chi connectivity index (χ4n) is 0.936. The number of tetrazole rings is 1. The van der Waals surface area contributed by atoms with Crippen LogP contribution in [0.1, 0.15) is 0 Å². The number of H-pyrrole nitrogens is 1.